The highest BCUT2D eigenvalue weighted by molar-refractivity contribution is 9.11. The van der Waals surface area contributed by atoms with Crippen molar-refractivity contribution in [3.05, 3.63) is 32.7 Å². The molecule has 0 heterocycles. The van der Waals surface area contributed by atoms with E-state index in [1.54, 1.807) is 12.1 Å². The van der Waals surface area contributed by atoms with Crippen LogP contribution in [0.5, 0.6) is 5.75 Å². The number of halogens is 2. The number of rotatable bonds is 4. The first-order valence-electron chi connectivity index (χ1n) is 4.44. The van der Waals surface area contributed by atoms with E-state index in [0.29, 0.717) is 15.8 Å². The van der Waals surface area contributed by atoms with E-state index in [1.165, 1.54) is 13.2 Å². The lowest BCUT2D eigenvalue weighted by molar-refractivity contribution is -0.146. The largest absolute Gasteiger partial charge is 0.495 e. The Morgan fingerprint density at radius 1 is 1.35 bits per heavy atom. The molecule has 0 saturated carbocycles. The van der Waals surface area contributed by atoms with Crippen LogP contribution in [0.25, 0.3) is 6.08 Å². The zero-order chi connectivity index (χ0) is 13.0. The van der Waals surface area contributed by atoms with Crippen LogP contribution < -0.4 is 4.74 Å². The Kier molecular flexibility index (Phi) is 4.89. The van der Waals surface area contributed by atoms with Crippen LogP contribution in [0, 0.1) is 0 Å². The molecule has 6 heteroatoms. The van der Waals surface area contributed by atoms with Gasteiger partial charge >= 0.3 is 5.97 Å². The summed E-state index contributed by atoms with van der Waals surface area (Å²) in [5, 5.41) is 8.45. The van der Waals surface area contributed by atoms with Crippen LogP contribution in [0.15, 0.2) is 27.2 Å². The maximum absolute atomic E-state index is 10.9. The molecule has 0 atom stereocenters. The second kappa shape index (κ2) is 5.97. The second-order valence-corrected chi connectivity index (χ2v) is 4.78. The molecule has 0 spiro atoms. The van der Waals surface area contributed by atoms with Crippen LogP contribution in [0.4, 0.5) is 0 Å². The quantitative estimate of drug-likeness (QED) is 0.659. The number of carbonyl (C=O) groups excluding carboxylic acids is 1. The average Bonchev–Trinajstić information content (AvgIpc) is 2.24. The van der Waals surface area contributed by atoms with E-state index in [2.05, 4.69) is 31.9 Å². The molecule has 1 aromatic carbocycles. The van der Waals surface area contributed by atoms with Crippen molar-refractivity contribution in [2.45, 2.75) is 0 Å². The highest BCUT2D eigenvalue weighted by atomic mass is 79.9. The van der Waals surface area contributed by atoms with E-state index in [4.69, 9.17) is 9.84 Å². The van der Waals surface area contributed by atoms with E-state index in [-0.39, 0.29) is 0 Å². The van der Waals surface area contributed by atoms with E-state index in [9.17, 15) is 9.59 Å². The van der Waals surface area contributed by atoms with Crippen molar-refractivity contribution in [3.8, 4) is 5.75 Å². The molecule has 0 radical (unpaired) electrons. The second-order valence-electron chi connectivity index (χ2n) is 3.01. The molecule has 0 aliphatic heterocycles. The van der Waals surface area contributed by atoms with Crippen molar-refractivity contribution in [2.75, 3.05) is 7.11 Å². The van der Waals surface area contributed by atoms with Gasteiger partial charge in [-0.3, -0.25) is 4.79 Å². The fourth-order valence-electron chi connectivity index (χ4n) is 1.16. The first kappa shape index (κ1) is 13.9. The molecule has 0 amide bonds. The summed E-state index contributed by atoms with van der Waals surface area (Å²) in [6.45, 7) is 0. The maximum Gasteiger partial charge on any atom is 0.376 e. The smallest absolute Gasteiger partial charge is 0.376 e. The van der Waals surface area contributed by atoms with Gasteiger partial charge in [0, 0.05) is 10.0 Å². The summed E-state index contributed by atoms with van der Waals surface area (Å²) < 4.78 is 6.64. The number of ether oxygens (including phenoxy) is 1. The molecule has 90 valence electrons. The van der Waals surface area contributed by atoms with E-state index < -0.39 is 11.8 Å². The van der Waals surface area contributed by atoms with Crippen molar-refractivity contribution in [2.24, 2.45) is 0 Å². The predicted octanol–water partition coefficient (Wildman–Crippen LogP) is 2.89. The Morgan fingerprint density at radius 3 is 2.53 bits per heavy atom. The predicted molar refractivity (Wildman–Crippen MR) is 70.1 cm³/mol. The van der Waals surface area contributed by atoms with Crippen molar-refractivity contribution in [1.29, 1.82) is 0 Å². The first-order chi connectivity index (χ1) is 7.95. The van der Waals surface area contributed by atoms with Gasteiger partial charge in [0.05, 0.1) is 11.6 Å². The topological polar surface area (TPSA) is 63.6 Å². The third kappa shape index (κ3) is 3.67. The number of carboxylic acids is 1. The zero-order valence-electron chi connectivity index (χ0n) is 8.74. The number of hydrogen-bond acceptors (Lipinski definition) is 3. The minimum Gasteiger partial charge on any atom is -0.495 e. The van der Waals surface area contributed by atoms with Crippen LogP contribution in [0.2, 0.25) is 0 Å². The Morgan fingerprint density at radius 2 is 2.00 bits per heavy atom. The summed E-state index contributed by atoms with van der Waals surface area (Å²) in [6, 6.07) is 3.50. The standard InChI is InChI=1S/C11H8Br2O4/c1-17-10-6(2-3-9(14)11(15)16)4-7(12)5-8(10)13/h2-5H,1H3,(H,15,16)/b3-2+. The minimum absolute atomic E-state index is 0.530. The van der Waals surface area contributed by atoms with Crippen molar-refractivity contribution >= 4 is 49.7 Å². The molecule has 0 aliphatic rings. The Labute approximate surface area is 115 Å². The van der Waals surface area contributed by atoms with Gasteiger partial charge < -0.3 is 9.84 Å². The van der Waals surface area contributed by atoms with E-state index >= 15 is 0 Å². The SMILES string of the molecule is COc1c(Br)cc(Br)cc1/C=C/C(=O)C(=O)O. The van der Waals surface area contributed by atoms with Crippen LogP contribution in [0.3, 0.4) is 0 Å². The fourth-order valence-corrected chi connectivity index (χ4v) is 2.58. The molecule has 1 aromatic rings. The molecule has 1 rings (SSSR count). The zero-order valence-corrected chi connectivity index (χ0v) is 11.9. The van der Waals surface area contributed by atoms with Gasteiger partial charge in [0.2, 0.25) is 0 Å². The molecular formula is C11H8Br2O4. The van der Waals surface area contributed by atoms with Gasteiger partial charge in [-0.05, 0) is 40.2 Å². The monoisotopic (exact) mass is 362 g/mol. The van der Waals surface area contributed by atoms with Crippen molar-refractivity contribution < 1.29 is 19.4 Å². The number of hydrogen-bond donors (Lipinski definition) is 1. The third-order valence-electron chi connectivity index (χ3n) is 1.87. The van der Waals surface area contributed by atoms with E-state index in [0.717, 1.165) is 10.5 Å². The molecule has 0 aromatic heterocycles. The van der Waals surface area contributed by atoms with Gasteiger partial charge in [-0.25, -0.2) is 4.79 Å². The maximum atomic E-state index is 10.9. The van der Waals surface area contributed by atoms with Gasteiger partial charge in [-0.1, -0.05) is 15.9 Å². The lowest BCUT2D eigenvalue weighted by Crippen LogP contribution is -2.08. The molecular weight excluding hydrogens is 356 g/mol. The molecule has 0 bridgehead atoms. The lowest BCUT2D eigenvalue weighted by Gasteiger charge is -2.07. The Hall–Kier alpha value is -1.14. The van der Waals surface area contributed by atoms with Gasteiger partial charge in [0.15, 0.2) is 0 Å². The average molecular weight is 364 g/mol. The Balaban J connectivity index is 3.13. The molecule has 17 heavy (non-hydrogen) atoms. The van der Waals surface area contributed by atoms with E-state index in [1.807, 2.05) is 0 Å². The number of carboxylic acid groups (broad SMARTS) is 1. The van der Waals surface area contributed by atoms with Crippen molar-refractivity contribution in [3.63, 3.8) is 0 Å². The summed E-state index contributed by atoms with van der Waals surface area (Å²) in [5.41, 5.74) is 0.600. The molecule has 0 saturated heterocycles. The van der Waals surface area contributed by atoms with Gasteiger partial charge in [0.25, 0.3) is 5.78 Å². The molecule has 0 fully saturated rings. The number of ketones is 1. The van der Waals surface area contributed by atoms with Crippen molar-refractivity contribution in [1.82, 2.24) is 0 Å². The minimum atomic E-state index is -1.49. The molecule has 1 N–H and O–H groups in total. The van der Waals surface area contributed by atoms with Crippen LogP contribution in [-0.2, 0) is 9.59 Å². The Bertz CT molecular complexity index is 494. The van der Waals surface area contributed by atoms with Gasteiger partial charge in [-0.2, -0.15) is 0 Å². The molecule has 0 aliphatic carbocycles. The number of methoxy groups -OCH3 is 1. The summed E-state index contributed by atoms with van der Waals surface area (Å²) in [7, 11) is 1.49. The van der Waals surface area contributed by atoms with Gasteiger partial charge in [-0.15, -0.1) is 0 Å². The summed E-state index contributed by atoms with van der Waals surface area (Å²) in [6.07, 6.45) is 2.38. The fraction of sp³-hybridized carbons (Fsp3) is 0.0909. The summed E-state index contributed by atoms with van der Waals surface area (Å²) >= 11 is 6.60. The van der Waals surface area contributed by atoms with Crippen LogP contribution >= 0.6 is 31.9 Å². The van der Waals surface area contributed by atoms with Crippen LogP contribution in [0.1, 0.15) is 5.56 Å². The highest BCUT2D eigenvalue weighted by Crippen LogP contribution is 2.33. The number of aliphatic carboxylic acids is 1. The summed E-state index contributed by atoms with van der Waals surface area (Å²) in [4.78, 5) is 21.3. The molecule has 4 nitrogen and oxygen atoms in total. The van der Waals surface area contributed by atoms with Crippen LogP contribution in [-0.4, -0.2) is 24.0 Å². The number of carbonyl (C=O) groups is 2. The summed E-state index contributed by atoms with van der Waals surface area (Å²) in [5.74, 6) is -1.94. The third-order valence-corrected chi connectivity index (χ3v) is 2.91. The normalized spacial score (nSPS) is 10.5. The van der Waals surface area contributed by atoms with Gasteiger partial charge in [0.1, 0.15) is 5.75 Å². The lowest BCUT2D eigenvalue weighted by atomic mass is 10.1. The molecule has 0 unspecified atom stereocenters. The number of benzene rings is 1. The highest BCUT2D eigenvalue weighted by Gasteiger charge is 2.09. The first-order valence-corrected chi connectivity index (χ1v) is 6.02.